The number of aryl methyl sites for hydroxylation is 1. The molecule has 0 radical (unpaired) electrons. The third kappa shape index (κ3) is 2.36. The molecule has 0 spiro atoms. The average molecular weight is 255 g/mol. The third-order valence-corrected chi connectivity index (χ3v) is 3.46. The van der Waals surface area contributed by atoms with Crippen molar-refractivity contribution in [3.63, 3.8) is 0 Å². The van der Waals surface area contributed by atoms with Gasteiger partial charge in [0.2, 0.25) is 0 Å². The Bertz CT molecular complexity index is 625. The maximum Gasteiger partial charge on any atom is 0.181 e. The molecule has 0 saturated heterocycles. The van der Waals surface area contributed by atoms with E-state index in [-0.39, 0.29) is 0 Å². The first-order valence-corrected chi connectivity index (χ1v) is 6.61. The zero-order valence-electron chi connectivity index (χ0n) is 10.0. The van der Waals surface area contributed by atoms with Crippen LogP contribution in [0.2, 0.25) is 0 Å². The summed E-state index contributed by atoms with van der Waals surface area (Å²) >= 11 is 1.49. The smallest absolute Gasteiger partial charge is 0.181 e. The van der Waals surface area contributed by atoms with E-state index in [2.05, 4.69) is 42.0 Å². The lowest BCUT2D eigenvalue weighted by atomic mass is 10.2. The molecule has 0 aliphatic heterocycles. The van der Waals surface area contributed by atoms with Gasteiger partial charge in [-0.2, -0.15) is 0 Å². The number of nitrogens with one attached hydrogen (secondary N) is 1. The molecule has 90 valence electrons. The topological polar surface area (TPSA) is 25.2 Å². The quantitative estimate of drug-likeness (QED) is 0.676. The summed E-state index contributed by atoms with van der Waals surface area (Å²) in [4.78, 5) is 0. The van der Waals surface area contributed by atoms with Crippen LogP contribution in [0.15, 0.2) is 64.1 Å². The van der Waals surface area contributed by atoms with Gasteiger partial charge in [0.05, 0.1) is 0 Å². The van der Waals surface area contributed by atoms with Gasteiger partial charge >= 0.3 is 0 Å². The third-order valence-electron chi connectivity index (χ3n) is 2.72. The summed E-state index contributed by atoms with van der Waals surface area (Å²) in [6.45, 7) is 2.08. The van der Waals surface area contributed by atoms with Crippen molar-refractivity contribution in [2.45, 2.75) is 12.0 Å². The van der Waals surface area contributed by atoms with Crippen LogP contribution in [-0.2, 0) is 0 Å². The van der Waals surface area contributed by atoms with Crippen molar-refractivity contribution in [1.29, 1.82) is 0 Å². The zero-order chi connectivity index (χ0) is 12.4. The molecule has 0 amide bonds. The molecule has 2 nitrogen and oxygen atoms in total. The van der Waals surface area contributed by atoms with E-state index < -0.39 is 0 Å². The molecule has 2 aromatic carbocycles. The molecule has 3 aromatic rings. The van der Waals surface area contributed by atoms with E-state index >= 15 is 0 Å². The fourth-order valence-electron chi connectivity index (χ4n) is 1.74. The first-order valence-electron chi connectivity index (χ1n) is 5.79. The highest BCUT2D eigenvalue weighted by atomic mass is 32.2. The van der Waals surface area contributed by atoms with Crippen LogP contribution in [0.1, 0.15) is 5.56 Å². The second-order valence-corrected chi connectivity index (χ2v) is 4.98. The number of fused-ring (bicyclic) bond motifs is 1. The molecule has 0 aliphatic rings. The average Bonchev–Trinajstić information content (AvgIpc) is 2.81. The summed E-state index contributed by atoms with van der Waals surface area (Å²) in [6.07, 6.45) is 0. The summed E-state index contributed by atoms with van der Waals surface area (Å²) < 4.78 is 8.99. The number of rotatable bonds is 3. The van der Waals surface area contributed by atoms with Crippen molar-refractivity contribution in [2.24, 2.45) is 0 Å². The van der Waals surface area contributed by atoms with Gasteiger partial charge in [0.15, 0.2) is 5.09 Å². The number of anilines is 1. The number of para-hydroxylation sites is 1. The SMILES string of the molecule is Cc1ccc(NSc2cc3ccccc3o2)cc1. The molecular formula is C15H13NOS. The number of benzene rings is 2. The molecule has 0 fully saturated rings. The van der Waals surface area contributed by atoms with Crippen molar-refractivity contribution in [1.82, 2.24) is 0 Å². The summed E-state index contributed by atoms with van der Waals surface area (Å²) in [5.41, 5.74) is 3.26. The highest BCUT2D eigenvalue weighted by Gasteiger charge is 2.03. The Labute approximate surface area is 110 Å². The van der Waals surface area contributed by atoms with Crippen molar-refractivity contribution in [2.75, 3.05) is 4.72 Å². The van der Waals surface area contributed by atoms with Gasteiger partial charge in [-0.25, -0.2) is 0 Å². The standard InChI is InChI=1S/C15H13NOS/c1-11-6-8-13(9-7-11)16-18-15-10-12-4-2-3-5-14(12)17-15/h2-10,16H,1H3. The van der Waals surface area contributed by atoms with Crippen LogP contribution in [0.4, 0.5) is 5.69 Å². The van der Waals surface area contributed by atoms with Crippen LogP contribution >= 0.6 is 11.9 Å². The Balaban J connectivity index is 1.74. The Hall–Kier alpha value is -1.87. The lowest BCUT2D eigenvalue weighted by Crippen LogP contribution is -1.84. The molecule has 0 bridgehead atoms. The van der Waals surface area contributed by atoms with E-state index in [0.29, 0.717) is 0 Å². The van der Waals surface area contributed by atoms with Crippen LogP contribution < -0.4 is 4.72 Å². The second-order valence-electron chi connectivity index (χ2n) is 4.17. The molecule has 18 heavy (non-hydrogen) atoms. The van der Waals surface area contributed by atoms with Gasteiger partial charge in [0, 0.05) is 29.1 Å². The minimum absolute atomic E-state index is 0.872. The molecule has 1 heterocycles. The molecule has 0 atom stereocenters. The van der Waals surface area contributed by atoms with Crippen LogP contribution in [0.5, 0.6) is 0 Å². The van der Waals surface area contributed by atoms with Gasteiger partial charge in [-0.05, 0) is 25.1 Å². The fourth-order valence-corrected chi connectivity index (χ4v) is 2.41. The maximum atomic E-state index is 5.71. The second kappa shape index (κ2) is 4.78. The van der Waals surface area contributed by atoms with Crippen LogP contribution in [0.3, 0.4) is 0 Å². The van der Waals surface area contributed by atoms with Crippen LogP contribution in [0, 0.1) is 6.92 Å². The number of hydrogen-bond acceptors (Lipinski definition) is 3. The summed E-state index contributed by atoms with van der Waals surface area (Å²) in [5.74, 6) is 0. The monoisotopic (exact) mass is 255 g/mol. The van der Waals surface area contributed by atoms with Gasteiger partial charge < -0.3 is 9.14 Å². The molecule has 3 rings (SSSR count). The normalized spacial score (nSPS) is 10.7. The van der Waals surface area contributed by atoms with E-state index in [1.54, 1.807) is 0 Å². The summed E-state index contributed by atoms with van der Waals surface area (Å²) in [5, 5.41) is 2.00. The van der Waals surface area contributed by atoms with Crippen molar-refractivity contribution < 1.29 is 4.42 Å². The Kier molecular flexibility index (Phi) is 2.99. The number of hydrogen-bond donors (Lipinski definition) is 1. The Morgan fingerprint density at radius 3 is 2.56 bits per heavy atom. The van der Waals surface area contributed by atoms with Gasteiger partial charge in [0.1, 0.15) is 5.58 Å². The molecule has 1 aromatic heterocycles. The van der Waals surface area contributed by atoms with Crippen molar-refractivity contribution in [3.05, 3.63) is 60.2 Å². The van der Waals surface area contributed by atoms with E-state index in [9.17, 15) is 0 Å². The number of furan rings is 1. The van der Waals surface area contributed by atoms with E-state index in [0.717, 1.165) is 21.7 Å². The van der Waals surface area contributed by atoms with Gasteiger partial charge in [-0.1, -0.05) is 35.9 Å². The largest absolute Gasteiger partial charge is 0.448 e. The van der Waals surface area contributed by atoms with Gasteiger partial charge in [-0.3, -0.25) is 0 Å². The first kappa shape index (κ1) is 11.2. The fraction of sp³-hybridized carbons (Fsp3) is 0.0667. The van der Waals surface area contributed by atoms with Crippen LogP contribution in [-0.4, -0.2) is 0 Å². The van der Waals surface area contributed by atoms with Gasteiger partial charge in [-0.15, -0.1) is 0 Å². The molecule has 0 saturated carbocycles. The van der Waals surface area contributed by atoms with E-state index in [4.69, 9.17) is 4.42 Å². The van der Waals surface area contributed by atoms with Crippen molar-refractivity contribution >= 4 is 28.6 Å². The molecule has 3 heteroatoms. The first-order chi connectivity index (χ1) is 8.81. The molecule has 0 aliphatic carbocycles. The van der Waals surface area contributed by atoms with Crippen molar-refractivity contribution in [3.8, 4) is 0 Å². The van der Waals surface area contributed by atoms with Crippen LogP contribution in [0.25, 0.3) is 11.0 Å². The Morgan fingerprint density at radius 1 is 1.00 bits per heavy atom. The molecule has 1 N–H and O–H groups in total. The highest BCUT2D eigenvalue weighted by Crippen LogP contribution is 2.27. The maximum absolute atomic E-state index is 5.71. The Morgan fingerprint density at radius 2 is 1.78 bits per heavy atom. The lowest BCUT2D eigenvalue weighted by Gasteiger charge is -2.02. The minimum Gasteiger partial charge on any atom is -0.448 e. The van der Waals surface area contributed by atoms with Gasteiger partial charge in [0.25, 0.3) is 0 Å². The molecule has 0 unspecified atom stereocenters. The highest BCUT2D eigenvalue weighted by molar-refractivity contribution is 8.00. The summed E-state index contributed by atoms with van der Waals surface area (Å²) in [7, 11) is 0. The van der Waals surface area contributed by atoms with E-state index in [1.807, 2.05) is 24.3 Å². The molecular weight excluding hydrogens is 242 g/mol. The zero-order valence-corrected chi connectivity index (χ0v) is 10.8. The predicted octanol–water partition coefficient (Wildman–Crippen LogP) is 4.86. The summed E-state index contributed by atoms with van der Waals surface area (Å²) in [6, 6.07) is 18.4. The lowest BCUT2D eigenvalue weighted by molar-refractivity contribution is 0.515. The predicted molar refractivity (Wildman–Crippen MR) is 76.9 cm³/mol. The van der Waals surface area contributed by atoms with E-state index in [1.165, 1.54) is 17.5 Å². The minimum atomic E-state index is 0.872.